The Balaban J connectivity index is 0.00000288. The SMILES string of the molecule is CC(C)(N)CNC(=O)c1cccc(NC(=O)c2ccc(Br)o2)c1.Cl. The Hall–Kier alpha value is -1.83. The van der Waals surface area contributed by atoms with Crippen molar-refractivity contribution in [3.8, 4) is 0 Å². The van der Waals surface area contributed by atoms with E-state index >= 15 is 0 Å². The van der Waals surface area contributed by atoms with E-state index in [4.69, 9.17) is 10.2 Å². The molecule has 8 heteroatoms. The smallest absolute Gasteiger partial charge is 0.291 e. The van der Waals surface area contributed by atoms with Gasteiger partial charge in [0.1, 0.15) is 0 Å². The lowest BCUT2D eigenvalue weighted by atomic mass is 10.1. The fourth-order valence-corrected chi connectivity index (χ4v) is 2.08. The molecule has 0 unspecified atom stereocenters. The highest BCUT2D eigenvalue weighted by Gasteiger charge is 2.15. The summed E-state index contributed by atoms with van der Waals surface area (Å²) in [5.74, 6) is -0.465. The van der Waals surface area contributed by atoms with Crippen LogP contribution < -0.4 is 16.4 Å². The Morgan fingerprint density at radius 3 is 2.50 bits per heavy atom. The van der Waals surface area contributed by atoms with E-state index in [1.165, 1.54) is 0 Å². The molecule has 4 N–H and O–H groups in total. The molecule has 1 aromatic carbocycles. The van der Waals surface area contributed by atoms with Gasteiger partial charge in [-0.1, -0.05) is 6.07 Å². The molecule has 0 aliphatic rings. The molecule has 130 valence electrons. The number of carbonyl (C=O) groups excluding carboxylic acids is 2. The van der Waals surface area contributed by atoms with Crippen molar-refractivity contribution in [1.82, 2.24) is 5.32 Å². The second kappa shape index (κ2) is 8.32. The molecule has 0 aliphatic heterocycles. The monoisotopic (exact) mass is 415 g/mol. The molecule has 0 fully saturated rings. The number of nitrogens with two attached hydrogens (primary N) is 1. The van der Waals surface area contributed by atoms with Crippen LogP contribution in [0.4, 0.5) is 5.69 Å². The molecular formula is C16H19BrClN3O3. The first-order valence-corrected chi connectivity index (χ1v) is 7.78. The molecule has 0 saturated carbocycles. The lowest BCUT2D eigenvalue weighted by Gasteiger charge is -2.19. The van der Waals surface area contributed by atoms with Crippen molar-refractivity contribution < 1.29 is 14.0 Å². The van der Waals surface area contributed by atoms with E-state index in [9.17, 15) is 9.59 Å². The maximum absolute atomic E-state index is 12.1. The summed E-state index contributed by atoms with van der Waals surface area (Å²) in [6.07, 6.45) is 0. The molecule has 1 heterocycles. The number of carbonyl (C=O) groups is 2. The van der Waals surface area contributed by atoms with Crippen molar-refractivity contribution in [3.05, 3.63) is 52.4 Å². The van der Waals surface area contributed by atoms with E-state index in [2.05, 4.69) is 26.6 Å². The van der Waals surface area contributed by atoms with Crippen LogP contribution in [0.25, 0.3) is 0 Å². The number of nitrogens with one attached hydrogen (secondary N) is 2. The van der Waals surface area contributed by atoms with Crippen LogP contribution in [0.2, 0.25) is 0 Å². The van der Waals surface area contributed by atoms with Crippen molar-refractivity contribution in [2.75, 3.05) is 11.9 Å². The van der Waals surface area contributed by atoms with E-state index in [1.807, 2.05) is 13.8 Å². The van der Waals surface area contributed by atoms with Crippen LogP contribution >= 0.6 is 28.3 Å². The number of amides is 2. The minimum absolute atomic E-state index is 0. The second-order valence-electron chi connectivity index (χ2n) is 5.81. The third-order valence-electron chi connectivity index (χ3n) is 2.88. The Bertz CT molecular complexity index is 725. The highest BCUT2D eigenvalue weighted by atomic mass is 79.9. The zero-order chi connectivity index (χ0) is 17.0. The first-order valence-electron chi connectivity index (χ1n) is 6.98. The number of halogens is 2. The third kappa shape index (κ3) is 5.99. The van der Waals surface area contributed by atoms with Gasteiger partial charge in [-0.3, -0.25) is 9.59 Å². The van der Waals surface area contributed by atoms with Crippen LogP contribution in [0.3, 0.4) is 0 Å². The highest BCUT2D eigenvalue weighted by molar-refractivity contribution is 9.10. The molecule has 2 aromatic rings. The zero-order valence-corrected chi connectivity index (χ0v) is 15.7. The number of rotatable bonds is 5. The third-order valence-corrected chi connectivity index (χ3v) is 3.31. The van der Waals surface area contributed by atoms with Gasteiger partial charge in [0, 0.05) is 23.3 Å². The summed E-state index contributed by atoms with van der Waals surface area (Å²) >= 11 is 3.14. The molecule has 6 nitrogen and oxygen atoms in total. The number of anilines is 1. The normalized spacial score (nSPS) is 10.7. The van der Waals surface area contributed by atoms with Crippen LogP contribution in [-0.2, 0) is 0 Å². The summed E-state index contributed by atoms with van der Waals surface area (Å²) in [4.78, 5) is 24.1. The molecule has 0 spiro atoms. The van der Waals surface area contributed by atoms with Gasteiger partial charge in [0.15, 0.2) is 10.4 Å². The molecular weight excluding hydrogens is 398 g/mol. The summed E-state index contributed by atoms with van der Waals surface area (Å²) in [5.41, 5.74) is 6.29. The van der Waals surface area contributed by atoms with Crippen molar-refractivity contribution >= 4 is 45.8 Å². The molecule has 1 aromatic heterocycles. The minimum Gasteiger partial charge on any atom is -0.444 e. The van der Waals surface area contributed by atoms with Gasteiger partial charge in [-0.05, 0) is 60.1 Å². The fourth-order valence-electron chi connectivity index (χ4n) is 1.78. The fraction of sp³-hybridized carbons (Fsp3) is 0.250. The minimum atomic E-state index is -0.492. The number of furan rings is 1. The Morgan fingerprint density at radius 2 is 1.92 bits per heavy atom. The standard InChI is InChI=1S/C16H18BrN3O3.ClH/c1-16(2,18)9-19-14(21)10-4-3-5-11(8-10)20-15(22)12-6-7-13(17)23-12;/h3-8H,9,18H2,1-2H3,(H,19,21)(H,20,22);1H. The predicted octanol–water partition coefficient (Wildman–Crippen LogP) is 3.18. The van der Waals surface area contributed by atoms with Crippen LogP contribution in [0.1, 0.15) is 34.8 Å². The van der Waals surface area contributed by atoms with Crippen molar-refractivity contribution in [1.29, 1.82) is 0 Å². The van der Waals surface area contributed by atoms with E-state index in [0.717, 1.165) is 0 Å². The maximum atomic E-state index is 12.1. The van der Waals surface area contributed by atoms with E-state index in [1.54, 1.807) is 36.4 Å². The second-order valence-corrected chi connectivity index (χ2v) is 6.59. The largest absolute Gasteiger partial charge is 0.444 e. The van der Waals surface area contributed by atoms with E-state index in [0.29, 0.717) is 22.5 Å². The average molecular weight is 417 g/mol. The van der Waals surface area contributed by atoms with Crippen LogP contribution in [0.5, 0.6) is 0 Å². The molecule has 0 saturated heterocycles. The molecule has 0 radical (unpaired) electrons. The first kappa shape index (κ1) is 20.2. The van der Waals surface area contributed by atoms with Crippen LogP contribution in [0.15, 0.2) is 45.5 Å². The van der Waals surface area contributed by atoms with E-state index < -0.39 is 11.4 Å². The quantitative estimate of drug-likeness (QED) is 0.697. The molecule has 24 heavy (non-hydrogen) atoms. The zero-order valence-electron chi connectivity index (χ0n) is 13.3. The van der Waals surface area contributed by atoms with Gasteiger partial charge in [-0.25, -0.2) is 0 Å². The summed E-state index contributed by atoms with van der Waals surface area (Å²) in [7, 11) is 0. The van der Waals surface area contributed by atoms with Crippen LogP contribution in [0, 0.1) is 0 Å². The van der Waals surface area contributed by atoms with E-state index in [-0.39, 0.29) is 24.1 Å². The van der Waals surface area contributed by atoms with Crippen molar-refractivity contribution in [2.24, 2.45) is 5.73 Å². The predicted molar refractivity (Wildman–Crippen MR) is 98.7 cm³/mol. The summed E-state index contributed by atoms with van der Waals surface area (Å²) in [5, 5.41) is 5.43. The van der Waals surface area contributed by atoms with Crippen LogP contribution in [-0.4, -0.2) is 23.9 Å². The van der Waals surface area contributed by atoms with Crippen molar-refractivity contribution in [3.63, 3.8) is 0 Å². The Morgan fingerprint density at radius 1 is 1.21 bits per heavy atom. The van der Waals surface area contributed by atoms with Gasteiger partial charge in [0.25, 0.3) is 11.8 Å². The summed E-state index contributed by atoms with van der Waals surface area (Å²) in [6.45, 7) is 4.00. The van der Waals surface area contributed by atoms with Gasteiger partial charge in [0.2, 0.25) is 0 Å². The van der Waals surface area contributed by atoms with Crippen molar-refractivity contribution in [2.45, 2.75) is 19.4 Å². The van der Waals surface area contributed by atoms with Gasteiger partial charge in [-0.15, -0.1) is 12.4 Å². The molecule has 0 bridgehead atoms. The summed E-state index contributed by atoms with van der Waals surface area (Å²) < 4.78 is 5.66. The molecule has 2 amide bonds. The van der Waals surface area contributed by atoms with Gasteiger partial charge in [0.05, 0.1) is 0 Å². The first-order chi connectivity index (χ1) is 10.7. The van der Waals surface area contributed by atoms with Gasteiger partial charge >= 0.3 is 0 Å². The topological polar surface area (TPSA) is 97.4 Å². The molecule has 0 atom stereocenters. The number of hydrogen-bond acceptors (Lipinski definition) is 4. The summed E-state index contributed by atoms with van der Waals surface area (Å²) in [6, 6.07) is 9.83. The molecule has 0 aliphatic carbocycles. The average Bonchev–Trinajstić information content (AvgIpc) is 2.91. The molecule has 2 rings (SSSR count). The Kier molecular flexibility index (Phi) is 7.01. The number of hydrogen-bond donors (Lipinski definition) is 3. The van der Waals surface area contributed by atoms with Gasteiger partial charge < -0.3 is 20.8 Å². The Labute approximate surface area is 154 Å². The number of benzene rings is 1. The lowest BCUT2D eigenvalue weighted by Crippen LogP contribution is -2.45. The highest BCUT2D eigenvalue weighted by Crippen LogP contribution is 2.17. The lowest BCUT2D eigenvalue weighted by molar-refractivity contribution is 0.0944. The maximum Gasteiger partial charge on any atom is 0.291 e. The van der Waals surface area contributed by atoms with Gasteiger partial charge in [-0.2, -0.15) is 0 Å².